The highest BCUT2D eigenvalue weighted by Gasteiger charge is 2.35. The summed E-state index contributed by atoms with van der Waals surface area (Å²) in [4.78, 5) is 26.2. The Kier molecular flexibility index (Phi) is 5.88. The number of rotatable bonds is 5. The molecule has 32 heavy (non-hydrogen) atoms. The van der Waals surface area contributed by atoms with Crippen molar-refractivity contribution in [3.8, 4) is 0 Å². The first kappa shape index (κ1) is 22.2. The Hall–Kier alpha value is -3.03. The minimum Gasteiger partial charge on any atom is -0.408 e. The molecular formula is C24H25F3N2O3. The van der Waals surface area contributed by atoms with Crippen molar-refractivity contribution < 1.29 is 22.4 Å². The van der Waals surface area contributed by atoms with E-state index in [1.807, 2.05) is 0 Å². The van der Waals surface area contributed by atoms with Crippen LogP contribution in [0.2, 0.25) is 0 Å². The number of hydrogen-bond acceptors (Lipinski definition) is 3. The minimum atomic E-state index is -4.28. The molecule has 2 N–H and O–H groups in total. The summed E-state index contributed by atoms with van der Waals surface area (Å²) in [7, 11) is 0. The number of nitrogens with one attached hydrogen (secondary N) is 2. The largest absolute Gasteiger partial charge is 0.417 e. The number of H-pyrrole nitrogens is 1. The fourth-order valence-electron chi connectivity index (χ4n) is 4.50. The zero-order valence-corrected chi connectivity index (χ0v) is 17.7. The molecule has 0 bridgehead atoms. The lowest BCUT2D eigenvalue weighted by atomic mass is 9.70. The number of oxazole rings is 1. The van der Waals surface area contributed by atoms with Crippen LogP contribution < -0.4 is 11.1 Å². The Morgan fingerprint density at radius 1 is 1.31 bits per heavy atom. The molecule has 0 saturated carbocycles. The van der Waals surface area contributed by atoms with Gasteiger partial charge in [-0.15, -0.1) is 0 Å². The first-order chi connectivity index (χ1) is 15.1. The van der Waals surface area contributed by atoms with Crippen LogP contribution >= 0.6 is 0 Å². The molecule has 1 aromatic carbocycles. The Morgan fingerprint density at radius 2 is 2.12 bits per heavy atom. The maximum Gasteiger partial charge on any atom is 0.417 e. The minimum absolute atomic E-state index is 0.00934. The van der Waals surface area contributed by atoms with Crippen LogP contribution in [0.4, 0.5) is 18.9 Å². The standard InChI is InChI=1S/C24H25F3N2O3/c1-23(14-16-2-4-17(5-3-16)24(25,26)27)10-8-15(9-11-23)12-21(30)28-18-6-7-19-20(13-18)32-22(31)29-19/h2,4-8,13,16H,3,9-12,14H2,1H3,(H,28,30)(H,29,31). The summed E-state index contributed by atoms with van der Waals surface area (Å²) in [5, 5.41) is 2.83. The van der Waals surface area contributed by atoms with Crippen molar-refractivity contribution in [3.05, 3.63) is 64.2 Å². The van der Waals surface area contributed by atoms with E-state index in [-0.39, 0.29) is 23.7 Å². The lowest BCUT2D eigenvalue weighted by molar-refractivity contribution is -0.115. The summed E-state index contributed by atoms with van der Waals surface area (Å²) in [6, 6.07) is 4.98. The number of hydrogen-bond donors (Lipinski definition) is 2. The first-order valence-corrected chi connectivity index (χ1v) is 10.7. The topological polar surface area (TPSA) is 75.1 Å². The van der Waals surface area contributed by atoms with Crippen LogP contribution in [0.15, 0.2) is 62.9 Å². The van der Waals surface area contributed by atoms with Gasteiger partial charge in [-0.25, -0.2) is 4.79 Å². The smallest absolute Gasteiger partial charge is 0.408 e. The number of carbonyl (C=O) groups is 1. The van der Waals surface area contributed by atoms with Crippen molar-refractivity contribution in [2.24, 2.45) is 11.3 Å². The molecule has 5 nitrogen and oxygen atoms in total. The van der Waals surface area contributed by atoms with E-state index in [1.54, 1.807) is 24.3 Å². The molecular weight excluding hydrogens is 421 g/mol. The average molecular weight is 446 g/mol. The summed E-state index contributed by atoms with van der Waals surface area (Å²) in [6.45, 7) is 2.16. The van der Waals surface area contributed by atoms with Gasteiger partial charge in [0.1, 0.15) is 0 Å². The van der Waals surface area contributed by atoms with Gasteiger partial charge in [-0.2, -0.15) is 13.2 Å². The molecule has 2 atom stereocenters. The zero-order chi connectivity index (χ0) is 22.9. The predicted octanol–water partition coefficient (Wildman–Crippen LogP) is 6.02. The number of fused-ring (bicyclic) bond motifs is 1. The molecule has 2 aromatic rings. The average Bonchev–Trinajstić information content (AvgIpc) is 3.09. The van der Waals surface area contributed by atoms with E-state index in [2.05, 4.69) is 23.3 Å². The Morgan fingerprint density at radius 3 is 2.78 bits per heavy atom. The molecule has 0 radical (unpaired) electrons. The molecule has 1 aromatic heterocycles. The fourth-order valence-corrected chi connectivity index (χ4v) is 4.50. The van der Waals surface area contributed by atoms with Gasteiger partial charge in [0.25, 0.3) is 0 Å². The van der Waals surface area contributed by atoms with Crippen molar-refractivity contribution in [2.45, 2.75) is 51.6 Å². The van der Waals surface area contributed by atoms with Gasteiger partial charge in [0.2, 0.25) is 5.91 Å². The summed E-state index contributed by atoms with van der Waals surface area (Å²) in [5.74, 6) is -0.579. The van der Waals surface area contributed by atoms with E-state index in [0.29, 0.717) is 23.2 Å². The highest BCUT2D eigenvalue weighted by Crippen LogP contribution is 2.43. The highest BCUT2D eigenvalue weighted by molar-refractivity contribution is 5.94. The van der Waals surface area contributed by atoms with E-state index in [1.165, 1.54) is 12.2 Å². The number of allylic oxidation sites excluding steroid dienone is 5. The summed E-state index contributed by atoms with van der Waals surface area (Å²) in [6.07, 6.45) is 5.99. The van der Waals surface area contributed by atoms with E-state index in [9.17, 15) is 22.8 Å². The second kappa shape index (κ2) is 8.48. The Balaban J connectivity index is 1.30. The molecule has 0 fully saturated rings. The van der Waals surface area contributed by atoms with Crippen LogP contribution in [-0.2, 0) is 4.79 Å². The maximum absolute atomic E-state index is 12.8. The lowest BCUT2D eigenvalue weighted by Crippen LogP contribution is -2.24. The fraction of sp³-hybridized carbons (Fsp3) is 0.417. The summed E-state index contributed by atoms with van der Waals surface area (Å²) >= 11 is 0. The number of benzene rings is 1. The number of anilines is 1. The Bertz CT molecular complexity index is 1170. The second-order valence-corrected chi connectivity index (χ2v) is 9.04. The molecule has 170 valence electrons. The summed E-state index contributed by atoms with van der Waals surface area (Å²) in [5.41, 5.74) is 2.02. The van der Waals surface area contributed by atoms with Crippen LogP contribution in [0.5, 0.6) is 0 Å². The number of aromatic nitrogens is 1. The van der Waals surface area contributed by atoms with Crippen molar-refractivity contribution >= 4 is 22.7 Å². The molecule has 2 unspecified atom stereocenters. The van der Waals surface area contributed by atoms with Crippen molar-refractivity contribution in [1.82, 2.24) is 4.98 Å². The third-order valence-electron chi connectivity index (χ3n) is 6.30. The number of carbonyl (C=O) groups excluding carboxylic acids is 1. The van der Waals surface area contributed by atoms with E-state index >= 15 is 0 Å². The van der Waals surface area contributed by atoms with Crippen LogP contribution in [-0.4, -0.2) is 17.1 Å². The van der Waals surface area contributed by atoms with E-state index in [0.717, 1.165) is 31.3 Å². The molecule has 0 saturated heterocycles. The van der Waals surface area contributed by atoms with E-state index in [4.69, 9.17) is 4.42 Å². The van der Waals surface area contributed by atoms with Gasteiger partial charge in [0.15, 0.2) is 5.58 Å². The molecule has 2 aliphatic carbocycles. The van der Waals surface area contributed by atoms with Gasteiger partial charge in [0.05, 0.1) is 11.1 Å². The van der Waals surface area contributed by atoms with Gasteiger partial charge in [0, 0.05) is 18.2 Å². The maximum atomic E-state index is 12.8. The molecule has 1 heterocycles. The van der Waals surface area contributed by atoms with Crippen molar-refractivity contribution in [3.63, 3.8) is 0 Å². The van der Waals surface area contributed by atoms with Gasteiger partial charge in [-0.3, -0.25) is 9.78 Å². The Labute approximate surface area is 183 Å². The van der Waals surface area contributed by atoms with Crippen LogP contribution in [0.1, 0.15) is 45.4 Å². The van der Waals surface area contributed by atoms with Gasteiger partial charge in [-0.1, -0.05) is 36.8 Å². The van der Waals surface area contributed by atoms with Crippen LogP contribution in [0, 0.1) is 11.3 Å². The number of halogens is 3. The van der Waals surface area contributed by atoms with Crippen LogP contribution in [0.25, 0.3) is 11.1 Å². The molecule has 0 spiro atoms. The third-order valence-corrected chi connectivity index (χ3v) is 6.30. The molecule has 0 aliphatic heterocycles. The quantitative estimate of drug-likeness (QED) is 0.552. The number of alkyl halides is 3. The van der Waals surface area contributed by atoms with Gasteiger partial charge >= 0.3 is 11.9 Å². The monoisotopic (exact) mass is 446 g/mol. The predicted molar refractivity (Wildman–Crippen MR) is 116 cm³/mol. The van der Waals surface area contributed by atoms with Crippen molar-refractivity contribution in [1.29, 1.82) is 0 Å². The number of aromatic amines is 1. The molecule has 8 heteroatoms. The van der Waals surface area contributed by atoms with Gasteiger partial charge in [-0.05, 0) is 55.6 Å². The zero-order valence-electron chi connectivity index (χ0n) is 17.7. The SMILES string of the molecule is CC1(CC2C=CC(C(F)(F)F)=CC2)CC=C(CC(=O)Nc2ccc3[nH]c(=O)oc3c2)CC1. The number of amides is 1. The van der Waals surface area contributed by atoms with Gasteiger partial charge < -0.3 is 9.73 Å². The van der Waals surface area contributed by atoms with Crippen LogP contribution in [0.3, 0.4) is 0 Å². The highest BCUT2D eigenvalue weighted by atomic mass is 19.4. The lowest BCUT2D eigenvalue weighted by Gasteiger charge is -2.36. The van der Waals surface area contributed by atoms with Crippen molar-refractivity contribution in [2.75, 3.05) is 5.32 Å². The molecule has 1 amide bonds. The third kappa shape index (κ3) is 5.23. The van der Waals surface area contributed by atoms with E-state index < -0.39 is 17.5 Å². The second-order valence-electron chi connectivity index (χ2n) is 9.04. The normalized spacial score (nSPS) is 23.7. The molecule has 4 rings (SSSR count). The first-order valence-electron chi connectivity index (χ1n) is 10.7. The molecule has 2 aliphatic rings. The summed E-state index contributed by atoms with van der Waals surface area (Å²) < 4.78 is 43.3.